The number of ether oxygens (including phenoxy) is 1. The molecule has 0 atom stereocenters. The third-order valence-corrected chi connectivity index (χ3v) is 5.61. The molecule has 1 aromatic carbocycles. The second-order valence-corrected chi connectivity index (χ2v) is 8.80. The molecule has 1 rings (SSSR count). The van der Waals surface area contributed by atoms with E-state index in [4.69, 9.17) is 4.74 Å². The summed E-state index contributed by atoms with van der Waals surface area (Å²) in [6.07, 6.45) is -0.152. The van der Waals surface area contributed by atoms with Crippen LogP contribution in [0.4, 0.5) is 0 Å². The Morgan fingerprint density at radius 1 is 1.11 bits per heavy atom. The van der Waals surface area contributed by atoms with Crippen LogP contribution in [0.15, 0.2) is 23.1 Å². The van der Waals surface area contributed by atoms with Crippen molar-refractivity contribution < 1.29 is 22.7 Å². The molecule has 27 heavy (non-hydrogen) atoms. The third-order valence-electron chi connectivity index (χ3n) is 4.01. The van der Waals surface area contributed by atoms with Crippen LogP contribution in [0.2, 0.25) is 0 Å². The van der Waals surface area contributed by atoms with E-state index in [1.54, 1.807) is 24.0 Å². The average Bonchev–Trinajstić information content (AvgIpc) is 2.54. The smallest absolute Gasteiger partial charge is 0.307 e. The molecule has 0 fully saturated rings. The molecular formula is C19H30N2O5S. The van der Waals surface area contributed by atoms with Gasteiger partial charge in [0.2, 0.25) is 10.0 Å². The van der Waals surface area contributed by atoms with E-state index >= 15 is 0 Å². The first kappa shape index (κ1) is 23.1. The molecular weight excluding hydrogens is 368 g/mol. The molecule has 0 heterocycles. The highest BCUT2D eigenvalue weighted by Gasteiger charge is 2.22. The fraction of sp³-hybridized carbons (Fsp3) is 0.579. The Labute approximate surface area is 162 Å². The minimum Gasteiger partial charge on any atom is -0.456 e. The highest BCUT2D eigenvalue weighted by molar-refractivity contribution is 7.89. The molecule has 7 nitrogen and oxygen atoms in total. The number of hydrogen-bond donors (Lipinski definition) is 1. The Morgan fingerprint density at radius 3 is 2.26 bits per heavy atom. The lowest BCUT2D eigenvalue weighted by atomic mass is 10.2. The Morgan fingerprint density at radius 2 is 1.70 bits per heavy atom. The van der Waals surface area contributed by atoms with E-state index in [0.717, 1.165) is 5.56 Å². The molecule has 0 aliphatic heterocycles. The lowest BCUT2D eigenvalue weighted by Crippen LogP contribution is -2.44. The van der Waals surface area contributed by atoms with E-state index in [0.29, 0.717) is 5.56 Å². The number of amides is 1. The summed E-state index contributed by atoms with van der Waals surface area (Å²) in [6.45, 7) is 10.6. The van der Waals surface area contributed by atoms with Crippen LogP contribution in [0.25, 0.3) is 0 Å². The molecule has 0 unspecified atom stereocenters. The van der Waals surface area contributed by atoms with E-state index in [9.17, 15) is 18.0 Å². The summed E-state index contributed by atoms with van der Waals surface area (Å²) in [5.74, 6) is -0.899. The predicted octanol–water partition coefficient (Wildman–Crippen LogP) is 2.16. The van der Waals surface area contributed by atoms with Gasteiger partial charge in [0, 0.05) is 18.6 Å². The maximum absolute atomic E-state index is 12.4. The summed E-state index contributed by atoms with van der Waals surface area (Å²) >= 11 is 0. The molecule has 1 aromatic rings. The van der Waals surface area contributed by atoms with Crippen molar-refractivity contribution in [2.45, 2.75) is 64.9 Å². The van der Waals surface area contributed by atoms with E-state index in [-0.39, 0.29) is 42.5 Å². The first-order valence-electron chi connectivity index (χ1n) is 8.99. The Hall–Kier alpha value is -1.93. The number of aryl methyl sites for hydroxylation is 2. The van der Waals surface area contributed by atoms with E-state index < -0.39 is 16.0 Å². The second kappa shape index (κ2) is 9.85. The summed E-state index contributed by atoms with van der Waals surface area (Å²) in [4.78, 5) is 25.8. The SMILES string of the molecule is Cc1ccc(C)c(S(=O)(=O)NCCC(=O)OCC(=O)N(C(C)C)C(C)C)c1. The van der Waals surface area contributed by atoms with Gasteiger partial charge in [0.15, 0.2) is 6.61 Å². The number of esters is 1. The first-order valence-corrected chi connectivity index (χ1v) is 10.5. The van der Waals surface area contributed by atoms with Crippen molar-refractivity contribution >= 4 is 21.9 Å². The van der Waals surface area contributed by atoms with Gasteiger partial charge in [-0.05, 0) is 58.7 Å². The number of carbonyl (C=O) groups excluding carboxylic acids is 2. The molecule has 0 aliphatic carbocycles. The van der Waals surface area contributed by atoms with Gasteiger partial charge in [0.1, 0.15) is 0 Å². The van der Waals surface area contributed by atoms with E-state index in [1.165, 1.54) is 0 Å². The Bertz CT molecular complexity index is 764. The van der Waals surface area contributed by atoms with E-state index in [1.807, 2.05) is 40.7 Å². The quantitative estimate of drug-likeness (QED) is 0.644. The van der Waals surface area contributed by atoms with Crippen molar-refractivity contribution in [3.8, 4) is 0 Å². The standard InChI is InChI=1S/C19H30N2O5S/c1-13(2)21(14(3)4)18(22)12-26-19(23)9-10-20-27(24,25)17-11-15(5)7-8-16(17)6/h7-8,11,13-14,20H,9-10,12H2,1-6H3. The number of nitrogens with zero attached hydrogens (tertiary/aromatic N) is 1. The molecule has 0 aromatic heterocycles. The number of hydrogen-bond acceptors (Lipinski definition) is 5. The van der Waals surface area contributed by atoms with Gasteiger partial charge in [0.05, 0.1) is 11.3 Å². The summed E-state index contributed by atoms with van der Waals surface area (Å²) in [7, 11) is -3.71. The van der Waals surface area contributed by atoms with Crippen molar-refractivity contribution in [2.75, 3.05) is 13.2 Å². The highest BCUT2D eigenvalue weighted by Crippen LogP contribution is 2.16. The van der Waals surface area contributed by atoms with Crippen molar-refractivity contribution in [2.24, 2.45) is 0 Å². The monoisotopic (exact) mass is 398 g/mol. The zero-order valence-corrected chi connectivity index (χ0v) is 17.7. The number of rotatable bonds is 9. The molecule has 1 amide bonds. The zero-order valence-electron chi connectivity index (χ0n) is 16.9. The predicted molar refractivity (Wildman–Crippen MR) is 104 cm³/mol. The lowest BCUT2D eigenvalue weighted by Gasteiger charge is -2.30. The van der Waals surface area contributed by atoms with Gasteiger partial charge in [-0.3, -0.25) is 9.59 Å². The molecule has 0 spiro atoms. The van der Waals surface area contributed by atoms with Gasteiger partial charge >= 0.3 is 5.97 Å². The van der Waals surface area contributed by atoms with Crippen LogP contribution in [0.3, 0.4) is 0 Å². The number of benzene rings is 1. The zero-order chi connectivity index (χ0) is 20.8. The van der Waals surface area contributed by atoms with Gasteiger partial charge < -0.3 is 9.64 Å². The summed E-state index contributed by atoms with van der Waals surface area (Å²) in [6, 6.07) is 5.15. The topological polar surface area (TPSA) is 92.8 Å². The van der Waals surface area contributed by atoms with Crippen LogP contribution < -0.4 is 4.72 Å². The fourth-order valence-electron chi connectivity index (χ4n) is 2.82. The first-order chi connectivity index (χ1) is 12.5. The van der Waals surface area contributed by atoms with Crippen molar-refractivity contribution in [1.82, 2.24) is 9.62 Å². The molecule has 0 aliphatic rings. The molecule has 1 N–H and O–H groups in total. The largest absolute Gasteiger partial charge is 0.456 e. The molecule has 0 bridgehead atoms. The van der Waals surface area contributed by atoms with E-state index in [2.05, 4.69) is 4.72 Å². The Balaban J connectivity index is 2.53. The highest BCUT2D eigenvalue weighted by atomic mass is 32.2. The van der Waals surface area contributed by atoms with Crippen molar-refractivity contribution in [3.05, 3.63) is 29.3 Å². The maximum atomic E-state index is 12.4. The minimum atomic E-state index is -3.71. The van der Waals surface area contributed by atoms with Gasteiger partial charge in [0.25, 0.3) is 5.91 Å². The van der Waals surface area contributed by atoms with Crippen LogP contribution in [-0.2, 0) is 24.3 Å². The van der Waals surface area contributed by atoms with Crippen molar-refractivity contribution in [1.29, 1.82) is 0 Å². The number of sulfonamides is 1. The van der Waals surface area contributed by atoms with Gasteiger partial charge in [-0.2, -0.15) is 0 Å². The molecule has 0 saturated carbocycles. The fourth-order valence-corrected chi connectivity index (χ4v) is 4.18. The van der Waals surface area contributed by atoms with Gasteiger partial charge in [-0.25, -0.2) is 13.1 Å². The lowest BCUT2D eigenvalue weighted by molar-refractivity contribution is -0.153. The van der Waals surface area contributed by atoms with Crippen LogP contribution in [0, 0.1) is 13.8 Å². The van der Waals surface area contributed by atoms with Crippen LogP contribution in [0.5, 0.6) is 0 Å². The van der Waals surface area contributed by atoms with Gasteiger partial charge in [-0.1, -0.05) is 12.1 Å². The molecule has 8 heteroatoms. The van der Waals surface area contributed by atoms with Crippen LogP contribution in [0.1, 0.15) is 45.2 Å². The average molecular weight is 399 g/mol. The Kier molecular flexibility index (Phi) is 8.43. The summed E-state index contributed by atoms with van der Waals surface area (Å²) in [5, 5.41) is 0. The van der Waals surface area contributed by atoms with Crippen LogP contribution >= 0.6 is 0 Å². The summed E-state index contributed by atoms with van der Waals surface area (Å²) in [5.41, 5.74) is 1.46. The molecule has 0 radical (unpaired) electrons. The van der Waals surface area contributed by atoms with Crippen molar-refractivity contribution in [3.63, 3.8) is 0 Å². The maximum Gasteiger partial charge on any atom is 0.307 e. The molecule has 152 valence electrons. The molecule has 0 saturated heterocycles. The third kappa shape index (κ3) is 6.95. The van der Waals surface area contributed by atoms with Gasteiger partial charge in [-0.15, -0.1) is 0 Å². The van der Waals surface area contributed by atoms with Crippen LogP contribution in [-0.4, -0.2) is 50.4 Å². The second-order valence-electron chi connectivity index (χ2n) is 7.07. The summed E-state index contributed by atoms with van der Waals surface area (Å²) < 4.78 is 32.1. The number of carbonyl (C=O) groups is 2. The normalized spacial score (nSPS) is 11.7. The number of nitrogens with one attached hydrogen (secondary N) is 1. The minimum absolute atomic E-state index is 0.000537.